The number of rotatable bonds is 4. The highest BCUT2D eigenvalue weighted by Crippen LogP contribution is 2.38. The maximum Gasteiger partial charge on any atom is 0.324 e. The van der Waals surface area contributed by atoms with Gasteiger partial charge in [-0.1, -0.05) is 25.3 Å². The van der Waals surface area contributed by atoms with Gasteiger partial charge in [-0.2, -0.15) is 0 Å². The zero-order valence-corrected chi connectivity index (χ0v) is 18.3. The van der Waals surface area contributed by atoms with E-state index in [4.69, 9.17) is 0 Å². The number of benzene rings is 1. The molecule has 7 nitrogen and oxygen atoms in total. The van der Waals surface area contributed by atoms with Crippen LogP contribution in [0.4, 0.5) is 16.2 Å². The second kappa shape index (κ2) is 8.24. The smallest absolute Gasteiger partial charge is 0.324 e. The van der Waals surface area contributed by atoms with Gasteiger partial charge in [0.05, 0.1) is 22.3 Å². The van der Waals surface area contributed by atoms with E-state index in [1.807, 2.05) is 6.92 Å². The molecule has 156 valence electrons. The summed E-state index contributed by atoms with van der Waals surface area (Å²) >= 11 is 0. The predicted octanol–water partition coefficient (Wildman–Crippen LogP) is 3.06. The Balaban J connectivity index is 2.51. The molecule has 1 aliphatic heterocycles. The number of carbonyl (C=O) groups excluding carboxylic acids is 2. The van der Waals surface area contributed by atoms with Crippen molar-refractivity contribution < 1.29 is 18.0 Å². The first-order chi connectivity index (χ1) is 13.3. The van der Waals surface area contributed by atoms with Crippen LogP contribution in [0.2, 0.25) is 0 Å². The number of amides is 3. The third kappa shape index (κ3) is 4.76. The maximum absolute atomic E-state index is 12.7. The number of fused-ring (bicyclic) bond motifs is 1. The molecular weight excluding hydrogens is 390 g/mol. The summed E-state index contributed by atoms with van der Waals surface area (Å²) in [6, 6.07) is 5.00. The zero-order valence-electron chi connectivity index (χ0n) is 17.5. The van der Waals surface area contributed by atoms with E-state index in [0.29, 0.717) is 29.1 Å². The van der Waals surface area contributed by atoms with Gasteiger partial charge in [0.1, 0.15) is 0 Å². The highest BCUT2D eigenvalue weighted by molar-refractivity contribution is 7.94. The molecule has 1 heterocycles. The Hall–Kier alpha value is -2.87. The molecule has 0 aliphatic carbocycles. The molecule has 0 spiro atoms. The van der Waals surface area contributed by atoms with E-state index in [2.05, 4.69) is 13.2 Å². The lowest BCUT2D eigenvalue weighted by atomic mass is 10.0. The number of hydrogen-bond donors (Lipinski definition) is 0. The van der Waals surface area contributed by atoms with Crippen molar-refractivity contribution in [2.45, 2.75) is 19.9 Å². The Morgan fingerprint density at radius 3 is 2.31 bits per heavy atom. The van der Waals surface area contributed by atoms with Crippen molar-refractivity contribution in [1.82, 2.24) is 4.90 Å². The van der Waals surface area contributed by atoms with Crippen molar-refractivity contribution in [1.29, 1.82) is 0 Å². The normalized spacial score (nSPS) is 16.5. The lowest BCUT2D eigenvalue weighted by molar-refractivity contribution is -0.117. The maximum atomic E-state index is 12.7. The lowest BCUT2D eigenvalue weighted by Crippen LogP contribution is -2.53. The molecule has 0 fully saturated rings. The highest BCUT2D eigenvalue weighted by Gasteiger charge is 2.34. The van der Waals surface area contributed by atoms with Crippen molar-refractivity contribution in [2.24, 2.45) is 0 Å². The minimum Gasteiger partial charge on any atom is -0.330 e. The van der Waals surface area contributed by atoms with Gasteiger partial charge in [0, 0.05) is 33.8 Å². The van der Waals surface area contributed by atoms with Crippen LogP contribution in [0.5, 0.6) is 0 Å². The summed E-state index contributed by atoms with van der Waals surface area (Å²) < 4.78 is 23.0. The van der Waals surface area contributed by atoms with E-state index in [-0.39, 0.29) is 22.9 Å². The molecule has 1 atom stereocenters. The van der Waals surface area contributed by atoms with Crippen LogP contribution < -0.4 is 9.80 Å². The number of hydrogen-bond acceptors (Lipinski definition) is 4. The molecule has 0 saturated carbocycles. The summed E-state index contributed by atoms with van der Waals surface area (Å²) in [5.41, 5.74) is 2.51. The van der Waals surface area contributed by atoms with Crippen LogP contribution >= 0.6 is 0 Å². The Kier molecular flexibility index (Phi) is 6.37. The Morgan fingerprint density at radius 2 is 1.79 bits per heavy atom. The van der Waals surface area contributed by atoms with Gasteiger partial charge < -0.3 is 9.80 Å². The number of nitrogens with zero attached hydrogens (tertiary/aromatic N) is 3. The summed E-state index contributed by atoms with van der Waals surface area (Å²) in [5, 5.41) is 0. The molecule has 1 unspecified atom stereocenters. The van der Waals surface area contributed by atoms with Crippen molar-refractivity contribution in [3.63, 3.8) is 0 Å². The van der Waals surface area contributed by atoms with E-state index >= 15 is 0 Å². The van der Waals surface area contributed by atoms with E-state index < -0.39 is 9.84 Å². The average molecular weight is 418 g/mol. The topological polar surface area (TPSA) is 78.0 Å². The summed E-state index contributed by atoms with van der Waals surface area (Å²) in [7, 11) is -0.0266. The minimum atomic E-state index is -3.37. The monoisotopic (exact) mass is 417 g/mol. The van der Waals surface area contributed by atoms with Crippen LogP contribution in [-0.4, -0.2) is 58.2 Å². The molecule has 1 aliphatic rings. The van der Waals surface area contributed by atoms with Crippen LogP contribution in [0.1, 0.15) is 19.4 Å². The first-order valence-electron chi connectivity index (χ1n) is 9.03. The largest absolute Gasteiger partial charge is 0.330 e. The van der Waals surface area contributed by atoms with E-state index in [0.717, 1.165) is 6.26 Å². The standard InChI is InChI=1S/C21H27N3O4S/c1-14(8-9-16(3)29(7,27)28)18-10-11-19-20(12-18)23(21(26)22(5)6)13-15(2)24(19)17(4)25/h8-12,15H,1,3,13H2,2,4-7H3/b9-8-. The number of anilines is 2. The summed E-state index contributed by atoms with van der Waals surface area (Å²) in [5.74, 6) is -0.105. The Labute approximate surface area is 172 Å². The summed E-state index contributed by atoms with van der Waals surface area (Å²) in [4.78, 5) is 29.7. The van der Waals surface area contributed by atoms with Gasteiger partial charge in [0.25, 0.3) is 0 Å². The summed E-state index contributed by atoms with van der Waals surface area (Å²) in [6.45, 7) is 11.3. The molecule has 2 rings (SSSR count). The third-order valence-electron chi connectivity index (χ3n) is 4.68. The molecule has 0 aromatic heterocycles. The van der Waals surface area contributed by atoms with Crippen LogP contribution in [0, 0.1) is 0 Å². The molecule has 1 aromatic rings. The van der Waals surface area contributed by atoms with Crippen molar-refractivity contribution in [3.05, 3.63) is 54.0 Å². The molecule has 0 radical (unpaired) electrons. The second-order valence-corrected chi connectivity index (χ2v) is 9.39. The van der Waals surface area contributed by atoms with Gasteiger partial charge in [0.2, 0.25) is 5.91 Å². The first kappa shape index (κ1) is 22.4. The Bertz CT molecular complexity index is 1010. The predicted molar refractivity (Wildman–Crippen MR) is 118 cm³/mol. The fraction of sp³-hybridized carbons (Fsp3) is 0.333. The van der Waals surface area contributed by atoms with Gasteiger partial charge in [-0.15, -0.1) is 0 Å². The summed E-state index contributed by atoms with van der Waals surface area (Å²) in [6.07, 6.45) is 4.05. The second-order valence-electron chi connectivity index (χ2n) is 7.33. The zero-order chi connectivity index (χ0) is 22.1. The van der Waals surface area contributed by atoms with Gasteiger partial charge in [0.15, 0.2) is 9.84 Å². The average Bonchev–Trinajstić information content (AvgIpc) is 2.62. The van der Waals surface area contributed by atoms with Crippen LogP contribution in [-0.2, 0) is 14.6 Å². The first-order valence-corrected chi connectivity index (χ1v) is 10.9. The molecular formula is C21H27N3O4S. The fourth-order valence-electron chi connectivity index (χ4n) is 3.14. The highest BCUT2D eigenvalue weighted by atomic mass is 32.2. The number of allylic oxidation sites excluding steroid dienone is 3. The van der Waals surface area contributed by atoms with E-state index in [1.165, 1.54) is 17.9 Å². The quantitative estimate of drug-likeness (QED) is 0.706. The molecule has 8 heteroatoms. The molecule has 29 heavy (non-hydrogen) atoms. The van der Waals surface area contributed by atoms with Gasteiger partial charge in [-0.05, 0) is 36.3 Å². The molecule has 1 aromatic carbocycles. The SMILES string of the molecule is C=C(/C=C\C(=C)S(C)(=O)=O)c1ccc2c(c1)N(C(=O)N(C)C)CC(C)N2C(C)=O. The van der Waals surface area contributed by atoms with E-state index in [1.54, 1.807) is 48.2 Å². The van der Waals surface area contributed by atoms with Crippen molar-refractivity contribution >= 4 is 38.7 Å². The number of carbonyl (C=O) groups is 2. The van der Waals surface area contributed by atoms with E-state index in [9.17, 15) is 18.0 Å². The minimum absolute atomic E-state index is 0.0161. The number of urea groups is 1. The van der Waals surface area contributed by atoms with Gasteiger partial charge >= 0.3 is 6.03 Å². The molecule has 0 saturated heterocycles. The molecule has 0 N–H and O–H groups in total. The van der Waals surface area contributed by atoms with Crippen molar-refractivity contribution in [2.75, 3.05) is 36.7 Å². The van der Waals surface area contributed by atoms with Crippen molar-refractivity contribution in [3.8, 4) is 0 Å². The third-order valence-corrected chi connectivity index (χ3v) is 5.77. The molecule has 0 bridgehead atoms. The fourth-order valence-corrected chi connectivity index (χ4v) is 3.46. The molecule has 3 amide bonds. The lowest BCUT2D eigenvalue weighted by Gasteiger charge is -2.41. The van der Waals surface area contributed by atoms with Crippen LogP contribution in [0.15, 0.2) is 48.4 Å². The number of sulfone groups is 1. The van der Waals surface area contributed by atoms with Crippen LogP contribution in [0.3, 0.4) is 0 Å². The van der Waals surface area contributed by atoms with Gasteiger partial charge in [-0.3, -0.25) is 9.69 Å². The van der Waals surface area contributed by atoms with Crippen LogP contribution in [0.25, 0.3) is 5.57 Å². The van der Waals surface area contributed by atoms with Gasteiger partial charge in [-0.25, -0.2) is 13.2 Å². The Morgan fingerprint density at radius 1 is 1.17 bits per heavy atom.